The molecule has 1 saturated carbocycles. The van der Waals surface area contributed by atoms with Crippen molar-refractivity contribution in [2.24, 2.45) is 0 Å². The van der Waals surface area contributed by atoms with Crippen LogP contribution in [0.5, 0.6) is 0 Å². The smallest absolute Gasteiger partial charge is 0.256 e. The topological polar surface area (TPSA) is 36.1 Å². The zero-order chi connectivity index (χ0) is 13.9. The number of carbonyl (C=O) groups is 1. The monoisotopic (exact) mass is 268 g/mol. The number of nitrogens with zero attached hydrogens (tertiary/aromatic N) is 1. The van der Waals surface area contributed by atoms with Crippen molar-refractivity contribution in [1.82, 2.24) is 9.88 Å². The molecule has 20 heavy (non-hydrogen) atoms. The van der Waals surface area contributed by atoms with Crippen LogP contribution in [0, 0.1) is 0 Å². The number of nitrogens with one attached hydrogen (secondary N) is 1. The molecule has 1 aromatic heterocycles. The Hall–Kier alpha value is -2.03. The van der Waals surface area contributed by atoms with Crippen LogP contribution in [0.3, 0.4) is 0 Å². The molecule has 104 valence electrons. The van der Waals surface area contributed by atoms with Gasteiger partial charge in [-0.15, -0.1) is 6.58 Å². The van der Waals surface area contributed by atoms with Crippen LogP contribution in [-0.2, 0) is 0 Å². The maximum atomic E-state index is 12.9. The largest absolute Gasteiger partial charge is 0.360 e. The molecular weight excluding hydrogens is 248 g/mol. The summed E-state index contributed by atoms with van der Waals surface area (Å²) < 4.78 is 0. The van der Waals surface area contributed by atoms with Gasteiger partial charge in [0.1, 0.15) is 0 Å². The van der Waals surface area contributed by atoms with Crippen LogP contribution >= 0.6 is 0 Å². The Balaban J connectivity index is 1.94. The molecule has 3 rings (SSSR count). The van der Waals surface area contributed by atoms with E-state index in [1.807, 2.05) is 41.4 Å². The summed E-state index contributed by atoms with van der Waals surface area (Å²) in [5.74, 6) is 0.120. The number of fused-ring (bicyclic) bond motifs is 1. The van der Waals surface area contributed by atoms with Gasteiger partial charge in [0, 0.05) is 29.7 Å². The first-order chi connectivity index (χ1) is 9.81. The van der Waals surface area contributed by atoms with E-state index in [1.54, 1.807) is 0 Å². The Labute approximate surface area is 119 Å². The number of hydrogen-bond donors (Lipinski definition) is 1. The fraction of sp³-hybridized carbons (Fsp3) is 0.353. The van der Waals surface area contributed by atoms with Crippen molar-refractivity contribution in [2.45, 2.75) is 31.7 Å². The Morgan fingerprint density at radius 1 is 1.35 bits per heavy atom. The summed E-state index contributed by atoms with van der Waals surface area (Å²) in [7, 11) is 0. The number of hydrogen-bond acceptors (Lipinski definition) is 1. The predicted octanol–water partition coefficient (Wildman–Crippen LogP) is 3.74. The van der Waals surface area contributed by atoms with Gasteiger partial charge in [0.15, 0.2) is 0 Å². The molecule has 2 aromatic rings. The minimum Gasteiger partial charge on any atom is -0.360 e. The summed E-state index contributed by atoms with van der Waals surface area (Å²) in [6.45, 7) is 4.42. The van der Waals surface area contributed by atoms with Gasteiger partial charge in [0.25, 0.3) is 5.91 Å². The first-order valence-electron chi connectivity index (χ1n) is 7.29. The van der Waals surface area contributed by atoms with Gasteiger partial charge in [-0.2, -0.15) is 0 Å². The Bertz CT molecular complexity index is 623. The van der Waals surface area contributed by atoms with Crippen LogP contribution in [0.15, 0.2) is 43.1 Å². The van der Waals surface area contributed by atoms with E-state index in [1.165, 1.54) is 12.8 Å². The minimum atomic E-state index is 0.120. The van der Waals surface area contributed by atoms with Crippen molar-refractivity contribution < 1.29 is 4.79 Å². The number of rotatable bonds is 4. The Morgan fingerprint density at radius 2 is 2.10 bits per heavy atom. The van der Waals surface area contributed by atoms with Crippen LogP contribution in [-0.4, -0.2) is 28.4 Å². The third-order valence-corrected chi connectivity index (χ3v) is 4.17. The van der Waals surface area contributed by atoms with Gasteiger partial charge in [0.2, 0.25) is 0 Å². The zero-order valence-electron chi connectivity index (χ0n) is 11.6. The van der Waals surface area contributed by atoms with Gasteiger partial charge in [0.05, 0.1) is 5.56 Å². The molecule has 1 aliphatic carbocycles. The molecule has 1 aromatic carbocycles. The number of H-pyrrole nitrogens is 1. The summed E-state index contributed by atoms with van der Waals surface area (Å²) >= 11 is 0. The van der Waals surface area contributed by atoms with Crippen molar-refractivity contribution in [3.8, 4) is 0 Å². The van der Waals surface area contributed by atoms with Crippen LogP contribution < -0.4 is 0 Å². The predicted molar refractivity (Wildman–Crippen MR) is 81.8 cm³/mol. The lowest BCUT2D eigenvalue weighted by atomic mass is 10.1. The molecule has 0 bridgehead atoms. The SMILES string of the molecule is C=CCN(C(=O)c1c[nH]c2ccccc12)C1CCCC1. The van der Waals surface area contributed by atoms with E-state index in [2.05, 4.69) is 11.6 Å². The molecule has 0 aliphatic heterocycles. The normalized spacial score (nSPS) is 15.6. The van der Waals surface area contributed by atoms with Gasteiger partial charge in [-0.05, 0) is 18.9 Å². The summed E-state index contributed by atoms with van der Waals surface area (Å²) in [5, 5.41) is 1.00. The van der Waals surface area contributed by atoms with Gasteiger partial charge < -0.3 is 9.88 Å². The van der Waals surface area contributed by atoms with Gasteiger partial charge in [-0.3, -0.25) is 4.79 Å². The number of aromatic nitrogens is 1. The number of carbonyl (C=O) groups excluding carboxylic acids is 1. The van der Waals surface area contributed by atoms with Gasteiger partial charge in [-0.25, -0.2) is 0 Å². The molecule has 1 fully saturated rings. The average molecular weight is 268 g/mol. The van der Waals surface area contributed by atoms with Crippen LogP contribution in [0.1, 0.15) is 36.0 Å². The highest BCUT2D eigenvalue weighted by Crippen LogP contribution is 2.27. The van der Waals surface area contributed by atoms with E-state index in [-0.39, 0.29) is 5.91 Å². The second-order valence-corrected chi connectivity index (χ2v) is 5.43. The van der Waals surface area contributed by atoms with Crippen molar-refractivity contribution in [3.05, 3.63) is 48.7 Å². The zero-order valence-corrected chi connectivity index (χ0v) is 11.6. The number of para-hydroxylation sites is 1. The van der Waals surface area contributed by atoms with E-state index < -0.39 is 0 Å². The van der Waals surface area contributed by atoms with Crippen molar-refractivity contribution in [2.75, 3.05) is 6.54 Å². The molecule has 0 radical (unpaired) electrons. The Kier molecular flexibility index (Phi) is 3.59. The first kappa shape index (κ1) is 13.0. The van der Waals surface area contributed by atoms with E-state index in [0.29, 0.717) is 12.6 Å². The lowest BCUT2D eigenvalue weighted by Crippen LogP contribution is -2.38. The van der Waals surface area contributed by atoms with E-state index >= 15 is 0 Å². The van der Waals surface area contributed by atoms with E-state index in [0.717, 1.165) is 29.3 Å². The second kappa shape index (κ2) is 5.53. The fourth-order valence-electron chi connectivity index (χ4n) is 3.16. The van der Waals surface area contributed by atoms with E-state index in [9.17, 15) is 4.79 Å². The average Bonchev–Trinajstić information content (AvgIpc) is 3.13. The van der Waals surface area contributed by atoms with Crippen LogP contribution in [0.2, 0.25) is 0 Å². The van der Waals surface area contributed by atoms with Crippen LogP contribution in [0.25, 0.3) is 10.9 Å². The van der Waals surface area contributed by atoms with Crippen molar-refractivity contribution in [1.29, 1.82) is 0 Å². The van der Waals surface area contributed by atoms with Gasteiger partial charge >= 0.3 is 0 Å². The number of aromatic amines is 1. The molecule has 1 N–H and O–H groups in total. The van der Waals surface area contributed by atoms with Crippen molar-refractivity contribution in [3.63, 3.8) is 0 Å². The van der Waals surface area contributed by atoms with Gasteiger partial charge in [-0.1, -0.05) is 37.1 Å². The second-order valence-electron chi connectivity index (χ2n) is 5.43. The fourth-order valence-corrected chi connectivity index (χ4v) is 3.16. The summed E-state index contributed by atoms with van der Waals surface area (Å²) in [6.07, 6.45) is 8.33. The molecule has 1 aliphatic rings. The summed E-state index contributed by atoms with van der Waals surface area (Å²) in [6, 6.07) is 8.32. The molecule has 0 atom stereocenters. The summed E-state index contributed by atoms with van der Waals surface area (Å²) in [5.41, 5.74) is 1.79. The summed E-state index contributed by atoms with van der Waals surface area (Å²) in [4.78, 5) is 18.0. The molecule has 0 saturated heterocycles. The molecule has 3 nitrogen and oxygen atoms in total. The van der Waals surface area contributed by atoms with Crippen LogP contribution in [0.4, 0.5) is 0 Å². The maximum absolute atomic E-state index is 12.9. The lowest BCUT2D eigenvalue weighted by Gasteiger charge is -2.27. The Morgan fingerprint density at radius 3 is 2.85 bits per heavy atom. The number of benzene rings is 1. The highest BCUT2D eigenvalue weighted by atomic mass is 16.2. The van der Waals surface area contributed by atoms with E-state index in [4.69, 9.17) is 0 Å². The lowest BCUT2D eigenvalue weighted by molar-refractivity contribution is 0.0708. The maximum Gasteiger partial charge on any atom is 0.256 e. The molecule has 0 spiro atoms. The third-order valence-electron chi connectivity index (χ3n) is 4.17. The first-order valence-corrected chi connectivity index (χ1v) is 7.29. The molecule has 1 heterocycles. The molecule has 1 amide bonds. The van der Waals surface area contributed by atoms with Crippen molar-refractivity contribution >= 4 is 16.8 Å². The standard InChI is InChI=1S/C17H20N2O/c1-2-11-19(13-7-3-4-8-13)17(20)15-12-18-16-10-6-5-9-14(15)16/h2,5-6,9-10,12-13,18H,1,3-4,7-8,11H2. The highest BCUT2D eigenvalue weighted by molar-refractivity contribution is 6.06. The molecule has 0 unspecified atom stereocenters. The highest BCUT2D eigenvalue weighted by Gasteiger charge is 2.27. The minimum absolute atomic E-state index is 0.120. The quantitative estimate of drug-likeness (QED) is 0.842. The third kappa shape index (κ3) is 2.24. The molecular formula is C17H20N2O. The molecule has 3 heteroatoms. The number of amides is 1.